The Bertz CT molecular complexity index is 976. The van der Waals surface area contributed by atoms with E-state index in [1.54, 1.807) is 13.0 Å². The van der Waals surface area contributed by atoms with Gasteiger partial charge in [-0.25, -0.2) is 9.97 Å². The van der Waals surface area contributed by atoms with Crippen LogP contribution in [0, 0.1) is 13.8 Å². The van der Waals surface area contributed by atoms with Crippen molar-refractivity contribution >= 4 is 11.8 Å². The van der Waals surface area contributed by atoms with Gasteiger partial charge in [-0.15, -0.1) is 0 Å². The number of benzene rings is 1. The average Bonchev–Trinajstić information content (AvgIpc) is 2.71. The molecule has 1 aromatic heterocycles. The highest BCUT2D eigenvalue weighted by molar-refractivity contribution is 5.71. The Morgan fingerprint density at radius 1 is 1.25 bits per heavy atom. The molecule has 0 bridgehead atoms. The molecule has 2 aromatic rings. The Kier molecular flexibility index (Phi) is 7.35. The third-order valence-electron chi connectivity index (χ3n) is 5.29. The smallest absolute Gasteiger partial charge is 0.416 e. The molecule has 1 unspecified atom stereocenters. The number of hydrogen-bond donors (Lipinski definition) is 2. The number of aliphatic carboxylic acids is 1. The number of nitrogens with one attached hydrogen (secondary N) is 1. The van der Waals surface area contributed by atoms with Gasteiger partial charge in [-0.1, -0.05) is 19.1 Å². The fraction of sp³-hybridized carbons (Fsp3) is 0.500. The zero-order valence-corrected chi connectivity index (χ0v) is 18.1. The van der Waals surface area contributed by atoms with Gasteiger partial charge >= 0.3 is 12.1 Å². The van der Waals surface area contributed by atoms with Crippen LogP contribution in [0.15, 0.2) is 18.2 Å². The molecule has 0 saturated carbocycles. The fourth-order valence-corrected chi connectivity index (χ4v) is 3.83. The number of alkyl halides is 3. The number of anilines is 1. The van der Waals surface area contributed by atoms with E-state index in [1.165, 1.54) is 13.0 Å². The molecule has 1 atom stereocenters. The lowest BCUT2D eigenvalue weighted by Crippen LogP contribution is -2.24. The Labute approximate surface area is 184 Å². The van der Waals surface area contributed by atoms with E-state index in [9.17, 15) is 23.1 Å². The molecule has 0 radical (unpaired) electrons. The third kappa shape index (κ3) is 5.36. The van der Waals surface area contributed by atoms with E-state index >= 15 is 0 Å². The predicted octanol–water partition coefficient (Wildman–Crippen LogP) is 4.74. The second-order valence-corrected chi connectivity index (χ2v) is 7.60. The summed E-state index contributed by atoms with van der Waals surface area (Å²) in [5.74, 6) is -0.449. The number of carboxylic acids is 1. The summed E-state index contributed by atoms with van der Waals surface area (Å²) in [5, 5.41) is 12.6. The Balaban J connectivity index is 2.07. The van der Waals surface area contributed by atoms with E-state index < -0.39 is 30.0 Å². The van der Waals surface area contributed by atoms with Gasteiger partial charge < -0.3 is 19.9 Å². The van der Waals surface area contributed by atoms with Crippen molar-refractivity contribution < 1.29 is 32.5 Å². The van der Waals surface area contributed by atoms with Crippen molar-refractivity contribution in [3.05, 3.63) is 52.0 Å². The lowest BCUT2D eigenvalue weighted by molar-refractivity contribution is -0.183. The van der Waals surface area contributed by atoms with Gasteiger partial charge in [0.25, 0.3) is 0 Å². The van der Waals surface area contributed by atoms with Crippen LogP contribution in [0.4, 0.5) is 19.0 Å². The van der Waals surface area contributed by atoms with Gasteiger partial charge in [0.15, 0.2) is 6.29 Å². The van der Waals surface area contributed by atoms with Gasteiger partial charge in [0.1, 0.15) is 11.6 Å². The van der Waals surface area contributed by atoms with E-state index in [-0.39, 0.29) is 17.7 Å². The molecule has 2 heterocycles. The van der Waals surface area contributed by atoms with Crippen LogP contribution in [-0.4, -0.2) is 34.3 Å². The van der Waals surface area contributed by atoms with Gasteiger partial charge in [0.2, 0.25) is 0 Å². The van der Waals surface area contributed by atoms with Gasteiger partial charge in [-0.3, -0.25) is 4.79 Å². The third-order valence-corrected chi connectivity index (χ3v) is 5.29. The van der Waals surface area contributed by atoms with Gasteiger partial charge in [0, 0.05) is 0 Å². The molecule has 1 aromatic carbocycles. The number of ether oxygens (including phenoxy) is 2. The molecule has 7 nitrogen and oxygen atoms in total. The zero-order chi connectivity index (χ0) is 23.5. The Morgan fingerprint density at radius 3 is 2.53 bits per heavy atom. The summed E-state index contributed by atoms with van der Waals surface area (Å²) in [5.41, 5.74) is 0.521. The molecule has 10 heteroatoms. The summed E-state index contributed by atoms with van der Waals surface area (Å²) in [6, 6.07) is 3.57. The Hall–Kier alpha value is -2.72. The number of halogens is 3. The molecule has 3 rings (SSSR count). The van der Waals surface area contributed by atoms with Gasteiger partial charge in [0.05, 0.1) is 42.5 Å². The molecular weight excluding hydrogens is 427 g/mol. The van der Waals surface area contributed by atoms with Crippen LogP contribution >= 0.6 is 0 Å². The summed E-state index contributed by atoms with van der Waals surface area (Å²) in [6.07, 6.45) is -4.53. The minimum absolute atomic E-state index is 0.127. The van der Waals surface area contributed by atoms with Crippen LogP contribution in [0.1, 0.15) is 65.9 Å². The monoisotopic (exact) mass is 453 g/mol. The Morgan fingerprint density at radius 2 is 1.94 bits per heavy atom. The van der Waals surface area contributed by atoms with Crippen LogP contribution in [0.25, 0.3) is 0 Å². The molecule has 1 saturated heterocycles. The number of rotatable bonds is 7. The average molecular weight is 453 g/mol. The minimum Gasteiger partial charge on any atom is -0.481 e. The van der Waals surface area contributed by atoms with Crippen molar-refractivity contribution in [2.75, 3.05) is 18.5 Å². The molecule has 0 spiro atoms. The van der Waals surface area contributed by atoms with Crippen molar-refractivity contribution in [2.45, 2.75) is 58.5 Å². The lowest BCUT2D eigenvalue weighted by Gasteiger charge is -2.29. The van der Waals surface area contributed by atoms with Crippen LogP contribution in [0.5, 0.6) is 0 Å². The molecule has 0 aliphatic carbocycles. The number of carbonyl (C=O) groups is 1. The van der Waals surface area contributed by atoms with Crippen molar-refractivity contribution in [2.24, 2.45) is 0 Å². The summed E-state index contributed by atoms with van der Waals surface area (Å²) < 4.78 is 51.7. The van der Waals surface area contributed by atoms with E-state index in [0.29, 0.717) is 48.8 Å². The molecule has 32 heavy (non-hydrogen) atoms. The SMILES string of the molecule is CCC(Nc1nc(C)nc(CC(=O)O)c1C1OCCCO1)c1cccc(C(F)(F)F)c1C. The quantitative estimate of drug-likeness (QED) is 0.626. The van der Waals surface area contributed by atoms with Crippen molar-refractivity contribution in [1.29, 1.82) is 0 Å². The van der Waals surface area contributed by atoms with E-state index in [1.807, 2.05) is 6.92 Å². The van der Waals surface area contributed by atoms with E-state index in [0.717, 1.165) is 6.07 Å². The maximum atomic E-state index is 13.4. The predicted molar refractivity (Wildman–Crippen MR) is 110 cm³/mol. The number of hydrogen-bond acceptors (Lipinski definition) is 6. The summed E-state index contributed by atoms with van der Waals surface area (Å²) >= 11 is 0. The highest BCUT2D eigenvalue weighted by Crippen LogP contribution is 2.37. The number of carboxylic acid groups (broad SMARTS) is 1. The minimum atomic E-state index is -4.46. The summed E-state index contributed by atoms with van der Waals surface area (Å²) in [4.78, 5) is 20.1. The highest BCUT2D eigenvalue weighted by Gasteiger charge is 2.34. The first-order valence-corrected chi connectivity index (χ1v) is 10.4. The second-order valence-electron chi connectivity index (χ2n) is 7.60. The van der Waals surface area contributed by atoms with Crippen molar-refractivity contribution in [3.63, 3.8) is 0 Å². The first-order chi connectivity index (χ1) is 15.1. The number of aryl methyl sites for hydroxylation is 1. The molecule has 1 aliphatic rings. The second kappa shape index (κ2) is 9.83. The maximum Gasteiger partial charge on any atom is 0.416 e. The fourth-order valence-electron chi connectivity index (χ4n) is 3.83. The van der Waals surface area contributed by atoms with Crippen molar-refractivity contribution in [3.8, 4) is 0 Å². The first kappa shape index (κ1) is 23.9. The molecule has 174 valence electrons. The largest absolute Gasteiger partial charge is 0.481 e. The van der Waals surface area contributed by atoms with Crippen molar-refractivity contribution in [1.82, 2.24) is 9.97 Å². The van der Waals surface area contributed by atoms with Gasteiger partial charge in [-0.05, 0) is 43.9 Å². The normalized spacial score (nSPS) is 16.1. The molecule has 1 fully saturated rings. The van der Waals surface area contributed by atoms with E-state index in [2.05, 4.69) is 15.3 Å². The molecular formula is C22H26F3N3O4. The molecule has 1 aliphatic heterocycles. The van der Waals surface area contributed by atoms with Crippen LogP contribution in [0.2, 0.25) is 0 Å². The van der Waals surface area contributed by atoms with E-state index in [4.69, 9.17) is 9.47 Å². The zero-order valence-electron chi connectivity index (χ0n) is 18.1. The number of aromatic nitrogens is 2. The first-order valence-electron chi connectivity index (χ1n) is 10.4. The van der Waals surface area contributed by atoms with Crippen LogP contribution in [-0.2, 0) is 26.9 Å². The summed E-state index contributed by atoms with van der Waals surface area (Å²) in [6.45, 7) is 5.76. The maximum absolute atomic E-state index is 13.4. The highest BCUT2D eigenvalue weighted by atomic mass is 19.4. The molecule has 2 N–H and O–H groups in total. The molecule has 0 amide bonds. The topological polar surface area (TPSA) is 93.6 Å². The van der Waals surface area contributed by atoms with Crippen LogP contribution in [0.3, 0.4) is 0 Å². The summed E-state index contributed by atoms with van der Waals surface area (Å²) in [7, 11) is 0. The lowest BCUT2D eigenvalue weighted by atomic mass is 9.94. The standard InChI is InChI=1S/C22H26F3N3O4/c1-4-16(14-7-5-8-15(12(14)2)22(23,24)25)28-20-19(21-31-9-6-10-32-21)17(11-18(29)30)26-13(3)27-20/h5,7-8,16,21H,4,6,9-11H2,1-3H3,(H,29,30)(H,26,27,28). The van der Waals surface area contributed by atoms with Gasteiger partial charge in [-0.2, -0.15) is 13.2 Å². The number of nitrogens with zero attached hydrogens (tertiary/aromatic N) is 2. The van der Waals surface area contributed by atoms with Crippen LogP contribution < -0.4 is 5.32 Å².